The van der Waals surface area contributed by atoms with E-state index in [-0.39, 0.29) is 5.82 Å². The number of nitrogens with one attached hydrogen (secondary N) is 1. The molecule has 140 valence electrons. The van der Waals surface area contributed by atoms with E-state index in [4.69, 9.17) is 0 Å². The Bertz CT molecular complexity index is 946. The van der Waals surface area contributed by atoms with Gasteiger partial charge in [-0.3, -0.25) is 9.69 Å². The third-order valence-corrected chi connectivity index (χ3v) is 4.93. The number of fused-ring (bicyclic) bond motifs is 1. The molecule has 1 saturated heterocycles. The maximum absolute atomic E-state index is 13.5. The minimum Gasteiger partial charge on any atom is -0.480 e. The van der Waals surface area contributed by atoms with E-state index < -0.39 is 12.0 Å². The van der Waals surface area contributed by atoms with Crippen LogP contribution in [0.4, 0.5) is 10.3 Å². The van der Waals surface area contributed by atoms with Gasteiger partial charge in [-0.25, -0.2) is 14.4 Å². The van der Waals surface area contributed by atoms with Gasteiger partial charge in [-0.1, -0.05) is 0 Å². The molecule has 1 aliphatic rings. The number of aromatic amines is 1. The fourth-order valence-electron chi connectivity index (χ4n) is 3.68. The van der Waals surface area contributed by atoms with Crippen LogP contribution in [0.15, 0.2) is 42.9 Å². The molecule has 2 N–H and O–H groups in total. The highest BCUT2D eigenvalue weighted by atomic mass is 19.1. The highest BCUT2D eigenvalue weighted by Gasteiger charge is 2.31. The molecule has 3 aromatic rings. The SMILES string of the molecule is O=C(O)C(c1c[nH]c2cc(F)ccc12)N1CCCN(c2ncccn2)CC1. The van der Waals surface area contributed by atoms with E-state index in [0.717, 1.165) is 18.4 Å². The number of halogens is 1. The minimum absolute atomic E-state index is 0.351. The zero-order valence-corrected chi connectivity index (χ0v) is 14.7. The molecule has 4 rings (SSSR count). The van der Waals surface area contributed by atoms with E-state index in [1.54, 1.807) is 30.7 Å². The molecule has 1 unspecified atom stereocenters. The second-order valence-corrected chi connectivity index (χ2v) is 6.60. The summed E-state index contributed by atoms with van der Waals surface area (Å²) in [6.07, 6.45) is 5.89. The lowest BCUT2D eigenvalue weighted by atomic mass is 10.0. The van der Waals surface area contributed by atoms with Crippen molar-refractivity contribution in [3.8, 4) is 0 Å². The fraction of sp³-hybridized carbons (Fsp3) is 0.316. The number of H-pyrrole nitrogens is 1. The number of benzene rings is 1. The van der Waals surface area contributed by atoms with Gasteiger partial charge in [0.05, 0.1) is 0 Å². The molecule has 1 aliphatic heterocycles. The molecule has 27 heavy (non-hydrogen) atoms. The molecule has 0 spiro atoms. The molecule has 7 nitrogen and oxygen atoms in total. The lowest BCUT2D eigenvalue weighted by molar-refractivity contribution is -0.143. The summed E-state index contributed by atoms with van der Waals surface area (Å²) in [5, 5.41) is 10.7. The Morgan fingerprint density at radius 1 is 1.19 bits per heavy atom. The largest absolute Gasteiger partial charge is 0.480 e. The number of carboxylic acids is 1. The van der Waals surface area contributed by atoms with E-state index >= 15 is 0 Å². The van der Waals surface area contributed by atoms with Crippen molar-refractivity contribution < 1.29 is 14.3 Å². The van der Waals surface area contributed by atoms with Crippen molar-refractivity contribution >= 4 is 22.8 Å². The maximum atomic E-state index is 13.5. The Labute approximate surface area is 155 Å². The van der Waals surface area contributed by atoms with Crippen LogP contribution in [0, 0.1) is 5.82 Å². The number of hydrogen-bond acceptors (Lipinski definition) is 5. The zero-order valence-electron chi connectivity index (χ0n) is 14.7. The van der Waals surface area contributed by atoms with Gasteiger partial charge in [-0.15, -0.1) is 0 Å². The van der Waals surface area contributed by atoms with Gasteiger partial charge in [-0.05, 0) is 30.7 Å². The summed E-state index contributed by atoms with van der Waals surface area (Å²) >= 11 is 0. The number of hydrogen-bond donors (Lipinski definition) is 2. The van der Waals surface area contributed by atoms with Crippen molar-refractivity contribution in [3.05, 3.63) is 54.2 Å². The summed E-state index contributed by atoms with van der Waals surface area (Å²) < 4.78 is 13.5. The topological polar surface area (TPSA) is 85.4 Å². The fourth-order valence-corrected chi connectivity index (χ4v) is 3.68. The van der Waals surface area contributed by atoms with Crippen LogP contribution in [0.3, 0.4) is 0 Å². The first-order valence-electron chi connectivity index (χ1n) is 8.89. The third kappa shape index (κ3) is 3.48. The number of carboxylic acid groups (broad SMARTS) is 1. The second kappa shape index (κ2) is 7.32. The van der Waals surface area contributed by atoms with E-state index in [1.165, 1.54) is 12.1 Å². The molecule has 0 amide bonds. The third-order valence-electron chi connectivity index (χ3n) is 4.93. The molecule has 1 fully saturated rings. The van der Waals surface area contributed by atoms with E-state index in [1.807, 2.05) is 4.90 Å². The average molecular weight is 369 g/mol. The number of carbonyl (C=O) groups is 1. The first-order valence-corrected chi connectivity index (χ1v) is 8.89. The number of nitrogens with zero attached hydrogens (tertiary/aromatic N) is 4. The summed E-state index contributed by atoms with van der Waals surface area (Å²) in [7, 11) is 0. The predicted octanol–water partition coefficient (Wildman–Crippen LogP) is 2.44. The van der Waals surface area contributed by atoms with Crippen LogP contribution in [0.2, 0.25) is 0 Å². The van der Waals surface area contributed by atoms with Gasteiger partial charge < -0.3 is 15.0 Å². The summed E-state index contributed by atoms with van der Waals surface area (Å²) in [5.41, 5.74) is 1.26. The zero-order chi connectivity index (χ0) is 18.8. The quantitative estimate of drug-likeness (QED) is 0.735. The van der Waals surface area contributed by atoms with Gasteiger partial charge in [0.15, 0.2) is 0 Å². The predicted molar refractivity (Wildman–Crippen MR) is 99.1 cm³/mol. The van der Waals surface area contributed by atoms with Crippen molar-refractivity contribution in [2.24, 2.45) is 0 Å². The number of anilines is 1. The summed E-state index contributed by atoms with van der Waals surface area (Å²) in [6, 6.07) is 5.35. The molecule has 0 aliphatic carbocycles. The lowest BCUT2D eigenvalue weighted by Gasteiger charge is -2.27. The summed E-state index contributed by atoms with van der Waals surface area (Å²) in [5.74, 6) is -0.602. The average Bonchev–Trinajstić information content (AvgIpc) is 2.91. The Hall–Kier alpha value is -3.00. The molecule has 0 saturated carbocycles. The van der Waals surface area contributed by atoms with Gasteiger partial charge in [0.2, 0.25) is 5.95 Å². The van der Waals surface area contributed by atoms with Crippen LogP contribution in [-0.4, -0.2) is 57.1 Å². The Kier molecular flexibility index (Phi) is 4.72. The molecular weight excluding hydrogens is 349 g/mol. The van der Waals surface area contributed by atoms with Crippen molar-refractivity contribution in [3.63, 3.8) is 0 Å². The highest BCUT2D eigenvalue weighted by Crippen LogP contribution is 2.30. The second-order valence-electron chi connectivity index (χ2n) is 6.60. The van der Waals surface area contributed by atoms with Crippen molar-refractivity contribution in [2.45, 2.75) is 12.5 Å². The van der Waals surface area contributed by atoms with E-state index in [9.17, 15) is 14.3 Å². The molecule has 3 heterocycles. The Morgan fingerprint density at radius 3 is 2.78 bits per heavy atom. The molecule has 0 bridgehead atoms. The summed E-state index contributed by atoms with van der Waals surface area (Å²) in [4.78, 5) is 27.7. The minimum atomic E-state index is -0.912. The molecule has 2 aromatic heterocycles. The number of aromatic nitrogens is 3. The van der Waals surface area contributed by atoms with Crippen LogP contribution in [0.5, 0.6) is 0 Å². The van der Waals surface area contributed by atoms with Crippen molar-refractivity contribution in [1.29, 1.82) is 0 Å². The molecule has 8 heteroatoms. The maximum Gasteiger partial charge on any atom is 0.325 e. The van der Waals surface area contributed by atoms with Gasteiger partial charge in [0.1, 0.15) is 11.9 Å². The van der Waals surface area contributed by atoms with Crippen LogP contribution < -0.4 is 4.90 Å². The normalized spacial score (nSPS) is 17.0. The Morgan fingerprint density at radius 2 is 2.00 bits per heavy atom. The standard InChI is InChI=1S/C19H20FN5O2/c20-13-3-4-14-15(12-23-16(14)11-13)17(18(26)27)24-7-2-8-25(10-9-24)19-21-5-1-6-22-19/h1,3-6,11-12,17,23H,2,7-10H2,(H,26,27). The van der Waals surface area contributed by atoms with Gasteiger partial charge in [-0.2, -0.15) is 0 Å². The Balaban J connectivity index is 1.60. The van der Waals surface area contributed by atoms with Gasteiger partial charge >= 0.3 is 5.97 Å². The molecule has 1 atom stereocenters. The highest BCUT2D eigenvalue weighted by molar-refractivity contribution is 5.89. The van der Waals surface area contributed by atoms with Gasteiger partial charge in [0.25, 0.3) is 0 Å². The van der Waals surface area contributed by atoms with E-state index in [0.29, 0.717) is 36.7 Å². The smallest absolute Gasteiger partial charge is 0.325 e. The van der Waals surface area contributed by atoms with Crippen LogP contribution >= 0.6 is 0 Å². The van der Waals surface area contributed by atoms with Gasteiger partial charge in [0, 0.05) is 61.2 Å². The number of rotatable bonds is 4. The van der Waals surface area contributed by atoms with Crippen molar-refractivity contribution in [2.75, 3.05) is 31.1 Å². The molecule has 1 aromatic carbocycles. The first kappa shape index (κ1) is 17.4. The number of aliphatic carboxylic acids is 1. The van der Waals surface area contributed by atoms with E-state index in [2.05, 4.69) is 19.9 Å². The summed E-state index contributed by atoms with van der Waals surface area (Å²) in [6.45, 7) is 2.63. The molecule has 0 radical (unpaired) electrons. The molecular formula is C19H20FN5O2. The monoisotopic (exact) mass is 369 g/mol. The van der Waals surface area contributed by atoms with Crippen molar-refractivity contribution in [1.82, 2.24) is 19.9 Å². The van der Waals surface area contributed by atoms with Crippen LogP contribution in [0.25, 0.3) is 10.9 Å². The van der Waals surface area contributed by atoms with Crippen LogP contribution in [0.1, 0.15) is 18.0 Å². The first-order chi connectivity index (χ1) is 13.1. The van der Waals surface area contributed by atoms with Crippen LogP contribution in [-0.2, 0) is 4.79 Å². The lowest BCUT2D eigenvalue weighted by Crippen LogP contribution is -2.37.